The zero-order valence-corrected chi connectivity index (χ0v) is 21.9. The first kappa shape index (κ1) is 27.3. The molecule has 1 aliphatic heterocycles. The maximum atomic E-state index is 6.06. The lowest BCUT2D eigenvalue weighted by Crippen LogP contribution is -2.17. The third-order valence-electron chi connectivity index (χ3n) is 6.40. The molecule has 0 radical (unpaired) electrons. The molecule has 1 unspecified atom stereocenters. The number of unbranched alkanes of at least 4 members (excludes halogenated alkanes) is 9. The van der Waals surface area contributed by atoms with Gasteiger partial charge in [-0.15, -0.1) is 0 Å². The van der Waals surface area contributed by atoms with E-state index in [4.69, 9.17) is 18.9 Å². The van der Waals surface area contributed by atoms with Crippen LogP contribution in [0, 0.1) is 0 Å². The molecule has 1 aromatic heterocycles. The largest absolute Gasteiger partial charge is 0.478 e. The summed E-state index contributed by atoms with van der Waals surface area (Å²) in [6, 6.07) is 10.1. The molecule has 0 amide bonds. The standard InChI is InChI=1S/C30H45NO4/c1-3-5-7-9-10-13-22-33-29-19-17-26(24-31-29)25-16-18-27-28(23-25)35-30(34-27)15-11-14-21-32-20-12-8-6-4-2/h16-19,23-24,30H,3-15,20-22H2,1-2H3. The number of hydrogen-bond acceptors (Lipinski definition) is 5. The van der Waals surface area contributed by atoms with E-state index < -0.39 is 0 Å². The molecule has 3 rings (SSSR count). The Kier molecular flexibility index (Phi) is 12.8. The Morgan fingerprint density at radius 2 is 1.34 bits per heavy atom. The van der Waals surface area contributed by atoms with Crippen molar-refractivity contribution in [1.29, 1.82) is 0 Å². The first-order chi connectivity index (χ1) is 17.3. The molecule has 1 aromatic carbocycles. The lowest BCUT2D eigenvalue weighted by molar-refractivity contribution is 0.0366. The molecule has 0 N–H and O–H groups in total. The first-order valence-corrected chi connectivity index (χ1v) is 13.9. The van der Waals surface area contributed by atoms with Gasteiger partial charge in [0.2, 0.25) is 12.2 Å². The van der Waals surface area contributed by atoms with Crippen LogP contribution in [0.25, 0.3) is 11.1 Å². The Morgan fingerprint density at radius 3 is 2.11 bits per heavy atom. The fourth-order valence-corrected chi connectivity index (χ4v) is 4.25. The summed E-state index contributed by atoms with van der Waals surface area (Å²) in [5.41, 5.74) is 2.11. The Morgan fingerprint density at radius 1 is 0.686 bits per heavy atom. The summed E-state index contributed by atoms with van der Waals surface area (Å²) < 4.78 is 23.6. The van der Waals surface area contributed by atoms with Gasteiger partial charge in [-0.05, 0) is 49.4 Å². The predicted molar refractivity (Wildman–Crippen MR) is 142 cm³/mol. The Hall–Kier alpha value is -2.27. The Labute approximate surface area is 212 Å². The summed E-state index contributed by atoms with van der Waals surface area (Å²) in [7, 11) is 0. The van der Waals surface area contributed by atoms with Gasteiger partial charge in [0.05, 0.1) is 6.61 Å². The molecule has 0 fully saturated rings. The van der Waals surface area contributed by atoms with Gasteiger partial charge in [-0.25, -0.2) is 4.98 Å². The predicted octanol–water partition coefficient (Wildman–Crippen LogP) is 8.35. The smallest absolute Gasteiger partial charge is 0.241 e. The highest BCUT2D eigenvalue weighted by Gasteiger charge is 2.24. The molecule has 35 heavy (non-hydrogen) atoms. The molecule has 1 aliphatic rings. The molecule has 0 spiro atoms. The van der Waals surface area contributed by atoms with Crippen LogP contribution in [0.5, 0.6) is 17.4 Å². The van der Waals surface area contributed by atoms with Gasteiger partial charge in [0.1, 0.15) is 0 Å². The minimum Gasteiger partial charge on any atom is -0.478 e. The summed E-state index contributed by atoms with van der Waals surface area (Å²) in [6.45, 7) is 6.91. The number of benzene rings is 1. The van der Waals surface area contributed by atoms with Crippen molar-refractivity contribution in [2.75, 3.05) is 19.8 Å². The van der Waals surface area contributed by atoms with E-state index in [1.54, 1.807) is 0 Å². The van der Waals surface area contributed by atoms with Crippen LogP contribution in [0.1, 0.15) is 97.3 Å². The van der Waals surface area contributed by atoms with E-state index in [0.717, 1.165) is 68.1 Å². The molecule has 1 atom stereocenters. The van der Waals surface area contributed by atoms with Crippen LogP contribution in [0.3, 0.4) is 0 Å². The lowest BCUT2D eigenvalue weighted by atomic mass is 10.1. The van der Waals surface area contributed by atoms with Crippen LogP contribution >= 0.6 is 0 Å². The summed E-state index contributed by atoms with van der Waals surface area (Å²) in [4.78, 5) is 4.49. The quantitative estimate of drug-likeness (QED) is 0.188. The lowest BCUT2D eigenvalue weighted by Gasteiger charge is -2.10. The third-order valence-corrected chi connectivity index (χ3v) is 6.40. The molecule has 0 bridgehead atoms. The van der Waals surface area contributed by atoms with E-state index in [1.807, 2.05) is 24.4 Å². The summed E-state index contributed by atoms with van der Waals surface area (Å²) in [6.07, 6.45) is 17.2. The highest BCUT2D eigenvalue weighted by atomic mass is 16.7. The summed E-state index contributed by atoms with van der Waals surface area (Å²) >= 11 is 0. The molecule has 194 valence electrons. The average Bonchev–Trinajstić information content (AvgIpc) is 3.29. The van der Waals surface area contributed by atoms with Crippen molar-refractivity contribution in [3.63, 3.8) is 0 Å². The van der Waals surface area contributed by atoms with Gasteiger partial charge in [-0.1, -0.05) is 71.3 Å². The monoisotopic (exact) mass is 483 g/mol. The number of aromatic nitrogens is 1. The molecule has 5 nitrogen and oxygen atoms in total. The van der Waals surface area contributed by atoms with Gasteiger partial charge >= 0.3 is 0 Å². The topological polar surface area (TPSA) is 49.8 Å². The third kappa shape index (κ3) is 10.1. The number of hydrogen-bond donors (Lipinski definition) is 0. The number of nitrogens with zero attached hydrogens (tertiary/aromatic N) is 1. The highest BCUT2D eigenvalue weighted by Crippen LogP contribution is 2.39. The zero-order chi connectivity index (χ0) is 24.6. The summed E-state index contributed by atoms with van der Waals surface area (Å²) in [5, 5.41) is 0. The fourth-order valence-electron chi connectivity index (χ4n) is 4.25. The molecule has 2 aromatic rings. The Balaban J connectivity index is 1.34. The second kappa shape index (κ2) is 16.4. The number of fused-ring (bicyclic) bond motifs is 1. The SMILES string of the molecule is CCCCCCCCOc1ccc(-c2ccc3c(c2)OC(CCCCOCCCCCC)O3)cn1. The minimum atomic E-state index is -0.208. The van der Waals surface area contributed by atoms with Crippen LogP contribution in [0.4, 0.5) is 0 Å². The van der Waals surface area contributed by atoms with Gasteiger partial charge in [0.15, 0.2) is 11.5 Å². The van der Waals surface area contributed by atoms with E-state index in [9.17, 15) is 0 Å². The van der Waals surface area contributed by atoms with E-state index in [-0.39, 0.29) is 6.29 Å². The summed E-state index contributed by atoms with van der Waals surface area (Å²) in [5.74, 6) is 2.31. The maximum Gasteiger partial charge on any atom is 0.241 e. The maximum absolute atomic E-state index is 6.06. The van der Waals surface area contributed by atoms with Crippen LogP contribution < -0.4 is 14.2 Å². The van der Waals surface area contributed by atoms with Crippen LogP contribution in [0.15, 0.2) is 36.5 Å². The van der Waals surface area contributed by atoms with Gasteiger partial charge in [0.25, 0.3) is 0 Å². The Bertz CT molecular complexity index is 824. The second-order valence-electron chi connectivity index (χ2n) is 9.50. The molecule has 0 saturated carbocycles. The molecule has 2 heterocycles. The minimum absolute atomic E-state index is 0.208. The number of ether oxygens (including phenoxy) is 4. The van der Waals surface area contributed by atoms with Crippen molar-refractivity contribution in [1.82, 2.24) is 4.98 Å². The van der Waals surface area contributed by atoms with Gasteiger partial charge in [-0.2, -0.15) is 0 Å². The van der Waals surface area contributed by atoms with Crippen molar-refractivity contribution >= 4 is 0 Å². The number of rotatable bonds is 19. The van der Waals surface area contributed by atoms with Crippen LogP contribution in [0.2, 0.25) is 0 Å². The van der Waals surface area contributed by atoms with E-state index in [1.165, 1.54) is 57.8 Å². The average molecular weight is 484 g/mol. The van der Waals surface area contributed by atoms with E-state index >= 15 is 0 Å². The first-order valence-electron chi connectivity index (χ1n) is 13.9. The van der Waals surface area contributed by atoms with Gasteiger partial charge < -0.3 is 18.9 Å². The van der Waals surface area contributed by atoms with Crippen LogP contribution in [-0.4, -0.2) is 31.1 Å². The normalized spacial score (nSPS) is 14.4. The van der Waals surface area contributed by atoms with Crippen molar-refractivity contribution < 1.29 is 18.9 Å². The molecular weight excluding hydrogens is 438 g/mol. The molecule has 5 heteroatoms. The highest BCUT2D eigenvalue weighted by molar-refractivity contribution is 5.67. The second-order valence-corrected chi connectivity index (χ2v) is 9.50. The van der Waals surface area contributed by atoms with Gasteiger partial charge in [-0.3, -0.25) is 0 Å². The van der Waals surface area contributed by atoms with Crippen LogP contribution in [-0.2, 0) is 4.74 Å². The van der Waals surface area contributed by atoms with Crippen molar-refractivity contribution in [2.45, 2.75) is 104 Å². The van der Waals surface area contributed by atoms with E-state index in [2.05, 4.69) is 31.0 Å². The fraction of sp³-hybridized carbons (Fsp3) is 0.633. The van der Waals surface area contributed by atoms with Crippen molar-refractivity contribution in [3.05, 3.63) is 36.5 Å². The number of pyridine rings is 1. The molecule has 0 saturated heterocycles. The van der Waals surface area contributed by atoms with Crippen molar-refractivity contribution in [2.24, 2.45) is 0 Å². The molecular formula is C30H45NO4. The van der Waals surface area contributed by atoms with Crippen molar-refractivity contribution in [3.8, 4) is 28.5 Å². The van der Waals surface area contributed by atoms with Gasteiger partial charge in [0, 0.05) is 37.5 Å². The molecule has 0 aliphatic carbocycles. The zero-order valence-electron chi connectivity index (χ0n) is 21.9. The van der Waals surface area contributed by atoms with E-state index in [0.29, 0.717) is 5.88 Å².